The molecule has 0 aliphatic carbocycles. The van der Waals surface area contributed by atoms with Gasteiger partial charge in [-0.2, -0.15) is 0 Å². The molecule has 6 heteroatoms. The molecule has 4 heterocycles. The zero-order valence-electron chi connectivity index (χ0n) is 16.1. The van der Waals surface area contributed by atoms with Crippen LogP contribution in [0.2, 0.25) is 0 Å². The number of hydrogen-bond donors (Lipinski definition) is 1. The minimum atomic E-state index is -0.0130. The number of carbonyl (C=O) groups excluding carboxylic acids is 1. The summed E-state index contributed by atoms with van der Waals surface area (Å²) in [5.74, 6) is 1.51. The molecule has 6 nitrogen and oxygen atoms in total. The molecule has 4 atom stereocenters. The molecule has 144 valence electrons. The number of aromatic nitrogens is 1. The maximum atomic E-state index is 11.6. The van der Waals surface area contributed by atoms with Crippen molar-refractivity contribution in [1.29, 1.82) is 0 Å². The van der Waals surface area contributed by atoms with Crippen LogP contribution in [-0.2, 0) is 16.0 Å². The lowest BCUT2D eigenvalue weighted by Gasteiger charge is -2.50. The quantitative estimate of drug-likeness (QED) is 0.713. The van der Waals surface area contributed by atoms with Gasteiger partial charge in [0.25, 0.3) is 0 Å². The van der Waals surface area contributed by atoms with E-state index in [0.29, 0.717) is 6.04 Å². The number of likely N-dealkylation sites (N-methyl/N-ethyl adjacent to an activating group) is 1. The van der Waals surface area contributed by atoms with Crippen molar-refractivity contribution in [2.75, 3.05) is 53.5 Å². The van der Waals surface area contributed by atoms with Crippen LogP contribution in [0.1, 0.15) is 18.5 Å². The van der Waals surface area contributed by atoms with Gasteiger partial charge in [0, 0.05) is 57.6 Å². The van der Waals surface area contributed by atoms with E-state index in [2.05, 4.69) is 39.3 Å². The second kappa shape index (κ2) is 9.44. The van der Waals surface area contributed by atoms with Crippen molar-refractivity contribution < 1.29 is 9.53 Å². The molecular formula is C20H32N4O2. The average molecular weight is 361 g/mol. The predicted molar refractivity (Wildman–Crippen MR) is 102 cm³/mol. The van der Waals surface area contributed by atoms with Crippen LogP contribution in [0, 0.1) is 11.8 Å². The van der Waals surface area contributed by atoms with Crippen LogP contribution < -0.4 is 5.32 Å². The zero-order chi connectivity index (χ0) is 18.4. The average Bonchev–Trinajstić information content (AvgIpc) is 2.66. The Balaban J connectivity index is 1.41. The standard InChI is InChI=1S/C20H32N4O2/c1-23(9-7-18-5-3-4-8-21-18)13-17-14-24-10-6-16(17)11-19(24)12-22-20(25)15-26-2/h3-5,8,16-17,19H,6-7,9-15H2,1-2H3,(H,22,25)/t16-,17+,19+/m0/s1. The van der Waals surface area contributed by atoms with Gasteiger partial charge in [-0.15, -0.1) is 0 Å². The molecule has 0 aromatic carbocycles. The fourth-order valence-corrected chi connectivity index (χ4v) is 4.43. The molecule has 3 saturated heterocycles. The molecule has 3 aliphatic heterocycles. The van der Waals surface area contributed by atoms with E-state index in [1.165, 1.54) is 25.1 Å². The van der Waals surface area contributed by atoms with Crippen LogP contribution in [0.15, 0.2) is 24.4 Å². The molecule has 1 unspecified atom stereocenters. The van der Waals surface area contributed by atoms with Crippen LogP contribution in [0.3, 0.4) is 0 Å². The Kier molecular flexibility index (Phi) is 7.00. The summed E-state index contributed by atoms with van der Waals surface area (Å²) >= 11 is 0. The van der Waals surface area contributed by atoms with Gasteiger partial charge in [-0.25, -0.2) is 0 Å². The third kappa shape index (κ3) is 5.25. The summed E-state index contributed by atoms with van der Waals surface area (Å²) in [6.45, 7) is 5.43. The van der Waals surface area contributed by atoms with Crippen molar-refractivity contribution >= 4 is 5.91 Å². The number of amides is 1. The Bertz CT molecular complexity index is 568. The topological polar surface area (TPSA) is 57.7 Å². The number of ether oxygens (including phenoxy) is 1. The highest BCUT2D eigenvalue weighted by atomic mass is 16.5. The van der Waals surface area contributed by atoms with Crippen LogP contribution in [0.25, 0.3) is 0 Å². The highest BCUT2D eigenvalue weighted by molar-refractivity contribution is 5.77. The van der Waals surface area contributed by atoms with Gasteiger partial charge in [-0.1, -0.05) is 6.07 Å². The maximum Gasteiger partial charge on any atom is 0.246 e. The summed E-state index contributed by atoms with van der Waals surface area (Å²) in [7, 11) is 3.78. The fourth-order valence-electron chi connectivity index (χ4n) is 4.43. The summed E-state index contributed by atoms with van der Waals surface area (Å²) in [6.07, 6.45) is 5.37. The van der Waals surface area contributed by atoms with Gasteiger partial charge >= 0.3 is 0 Å². The lowest BCUT2D eigenvalue weighted by atomic mass is 9.75. The van der Waals surface area contributed by atoms with Crippen LogP contribution in [0.5, 0.6) is 0 Å². The monoisotopic (exact) mass is 360 g/mol. The summed E-state index contributed by atoms with van der Waals surface area (Å²) in [5.41, 5.74) is 1.17. The number of carbonyl (C=O) groups is 1. The SMILES string of the molecule is COCC(=O)NC[C@H]1C[C@@H]2CCN1C[C@H]2CN(C)CCc1ccccn1. The van der Waals surface area contributed by atoms with Crippen molar-refractivity contribution in [3.8, 4) is 0 Å². The molecule has 0 spiro atoms. The number of nitrogens with zero attached hydrogens (tertiary/aromatic N) is 3. The van der Waals surface area contributed by atoms with E-state index >= 15 is 0 Å². The third-order valence-electron chi connectivity index (χ3n) is 5.85. The van der Waals surface area contributed by atoms with Crippen LogP contribution in [-0.4, -0.2) is 80.2 Å². The van der Waals surface area contributed by atoms with Gasteiger partial charge in [0.2, 0.25) is 5.91 Å². The first-order valence-electron chi connectivity index (χ1n) is 9.74. The first-order chi connectivity index (χ1) is 12.7. The lowest BCUT2D eigenvalue weighted by Crippen LogP contribution is -2.58. The minimum Gasteiger partial charge on any atom is -0.375 e. The number of rotatable bonds is 9. The molecular weight excluding hydrogens is 328 g/mol. The van der Waals surface area contributed by atoms with Crippen molar-refractivity contribution in [2.45, 2.75) is 25.3 Å². The van der Waals surface area contributed by atoms with Gasteiger partial charge in [-0.05, 0) is 50.4 Å². The van der Waals surface area contributed by atoms with Crippen molar-refractivity contribution in [3.05, 3.63) is 30.1 Å². The van der Waals surface area contributed by atoms with Crippen molar-refractivity contribution in [2.24, 2.45) is 11.8 Å². The molecule has 1 aromatic heterocycles. The normalized spacial score (nSPS) is 27.7. The highest BCUT2D eigenvalue weighted by Gasteiger charge is 2.40. The molecule has 2 bridgehead atoms. The first-order valence-corrected chi connectivity index (χ1v) is 9.74. The summed E-state index contributed by atoms with van der Waals surface area (Å²) in [6, 6.07) is 6.62. The third-order valence-corrected chi connectivity index (χ3v) is 5.85. The highest BCUT2D eigenvalue weighted by Crippen LogP contribution is 2.36. The Morgan fingerprint density at radius 1 is 1.46 bits per heavy atom. The summed E-state index contributed by atoms with van der Waals surface area (Å²) in [5, 5.41) is 3.01. The first kappa shape index (κ1) is 19.3. The molecule has 0 saturated carbocycles. The Morgan fingerprint density at radius 3 is 3.04 bits per heavy atom. The molecule has 3 aliphatic rings. The minimum absolute atomic E-state index is 0.0130. The number of piperidine rings is 3. The van der Waals surface area contributed by atoms with E-state index in [4.69, 9.17) is 4.74 Å². The predicted octanol–water partition coefficient (Wildman–Crippen LogP) is 1.03. The zero-order valence-corrected chi connectivity index (χ0v) is 16.1. The number of pyridine rings is 1. The molecule has 0 radical (unpaired) electrons. The van der Waals surface area contributed by atoms with E-state index in [9.17, 15) is 4.79 Å². The van der Waals surface area contributed by atoms with E-state index in [0.717, 1.165) is 44.4 Å². The molecule has 1 N–H and O–H groups in total. The van der Waals surface area contributed by atoms with E-state index in [1.807, 2.05) is 12.3 Å². The molecule has 1 aromatic rings. The maximum absolute atomic E-state index is 11.6. The number of methoxy groups -OCH3 is 1. The van der Waals surface area contributed by atoms with E-state index in [-0.39, 0.29) is 12.5 Å². The van der Waals surface area contributed by atoms with Crippen LogP contribution >= 0.6 is 0 Å². The molecule has 4 rings (SSSR count). The van der Waals surface area contributed by atoms with Gasteiger partial charge in [0.15, 0.2) is 0 Å². The smallest absolute Gasteiger partial charge is 0.246 e. The number of nitrogens with one attached hydrogen (secondary N) is 1. The Labute approximate surface area is 156 Å². The second-order valence-electron chi connectivity index (χ2n) is 7.76. The van der Waals surface area contributed by atoms with Gasteiger partial charge < -0.3 is 15.0 Å². The van der Waals surface area contributed by atoms with Gasteiger partial charge in [0.05, 0.1) is 0 Å². The van der Waals surface area contributed by atoms with Crippen molar-refractivity contribution in [3.63, 3.8) is 0 Å². The van der Waals surface area contributed by atoms with E-state index < -0.39 is 0 Å². The van der Waals surface area contributed by atoms with Gasteiger partial charge in [-0.3, -0.25) is 14.7 Å². The largest absolute Gasteiger partial charge is 0.375 e. The lowest BCUT2D eigenvalue weighted by molar-refractivity contribution is -0.125. The number of fused-ring (bicyclic) bond motifs is 3. The van der Waals surface area contributed by atoms with Crippen LogP contribution in [0.4, 0.5) is 0 Å². The molecule has 1 amide bonds. The summed E-state index contributed by atoms with van der Waals surface area (Å²) < 4.78 is 4.89. The second-order valence-corrected chi connectivity index (χ2v) is 7.76. The Morgan fingerprint density at radius 2 is 2.35 bits per heavy atom. The fraction of sp³-hybridized carbons (Fsp3) is 0.700. The van der Waals surface area contributed by atoms with Gasteiger partial charge in [0.1, 0.15) is 6.61 Å². The number of hydrogen-bond acceptors (Lipinski definition) is 5. The molecule has 26 heavy (non-hydrogen) atoms. The van der Waals surface area contributed by atoms with Crippen molar-refractivity contribution in [1.82, 2.24) is 20.1 Å². The van der Waals surface area contributed by atoms with E-state index in [1.54, 1.807) is 7.11 Å². The Hall–Kier alpha value is -1.50. The molecule has 3 fully saturated rings. The summed E-state index contributed by atoms with van der Waals surface area (Å²) in [4.78, 5) is 21.1.